The summed E-state index contributed by atoms with van der Waals surface area (Å²) >= 11 is 0. The highest BCUT2D eigenvalue weighted by Gasteiger charge is 2.19. The number of nitro groups is 1. The molecular formula is C14H19N3O4. The number of nitrogens with zero attached hydrogens (tertiary/aromatic N) is 1. The van der Waals surface area contributed by atoms with Crippen LogP contribution in [0.1, 0.15) is 31.2 Å². The van der Waals surface area contributed by atoms with Gasteiger partial charge < -0.3 is 15.8 Å². The summed E-state index contributed by atoms with van der Waals surface area (Å²) in [6, 6.07) is 4.70. The number of nitrogens with one attached hydrogen (secondary N) is 1. The molecule has 0 heterocycles. The van der Waals surface area contributed by atoms with Crippen molar-refractivity contribution in [2.45, 2.75) is 38.3 Å². The van der Waals surface area contributed by atoms with E-state index in [1.807, 2.05) is 0 Å². The Kier molecular flexibility index (Phi) is 5.10. The summed E-state index contributed by atoms with van der Waals surface area (Å²) in [6.07, 6.45) is 4.21. The molecule has 2 rings (SSSR count). The maximum atomic E-state index is 11.8. The quantitative estimate of drug-likeness (QED) is 0.610. The van der Waals surface area contributed by atoms with Crippen LogP contribution in [-0.2, 0) is 11.3 Å². The van der Waals surface area contributed by atoms with Crippen LogP contribution in [0.15, 0.2) is 18.2 Å². The van der Waals surface area contributed by atoms with Crippen LogP contribution >= 0.6 is 0 Å². The van der Waals surface area contributed by atoms with Gasteiger partial charge in [-0.3, -0.25) is 14.9 Å². The molecule has 0 aromatic heterocycles. The lowest BCUT2D eigenvalue weighted by molar-refractivity contribution is -0.385. The number of rotatable bonds is 6. The van der Waals surface area contributed by atoms with Crippen LogP contribution in [0.4, 0.5) is 5.69 Å². The van der Waals surface area contributed by atoms with Gasteiger partial charge in [0.1, 0.15) is 0 Å². The zero-order chi connectivity index (χ0) is 15.2. The molecule has 1 aliphatic carbocycles. The lowest BCUT2D eigenvalue weighted by atomic mass is 10.2. The molecule has 0 bridgehead atoms. The van der Waals surface area contributed by atoms with Gasteiger partial charge in [0.25, 0.3) is 5.91 Å². The molecular weight excluding hydrogens is 274 g/mol. The van der Waals surface area contributed by atoms with Crippen LogP contribution in [0.5, 0.6) is 5.75 Å². The number of benzene rings is 1. The minimum Gasteiger partial charge on any atom is -0.477 e. The maximum absolute atomic E-state index is 11.8. The minimum absolute atomic E-state index is 0.0822. The zero-order valence-electron chi connectivity index (χ0n) is 11.7. The Balaban J connectivity index is 1.95. The van der Waals surface area contributed by atoms with E-state index in [0.29, 0.717) is 5.56 Å². The average molecular weight is 293 g/mol. The van der Waals surface area contributed by atoms with Gasteiger partial charge in [0.05, 0.1) is 4.92 Å². The Labute approximate surface area is 122 Å². The second-order valence-corrected chi connectivity index (χ2v) is 5.10. The molecule has 114 valence electrons. The van der Waals surface area contributed by atoms with Gasteiger partial charge in [-0.1, -0.05) is 18.9 Å². The molecule has 0 unspecified atom stereocenters. The van der Waals surface area contributed by atoms with Crippen LogP contribution in [0.3, 0.4) is 0 Å². The van der Waals surface area contributed by atoms with Crippen molar-refractivity contribution < 1.29 is 14.5 Å². The van der Waals surface area contributed by atoms with E-state index in [4.69, 9.17) is 10.5 Å². The number of ether oxygens (including phenoxy) is 1. The number of amides is 1. The van der Waals surface area contributed by atoms with E-state index in [9.17, 15) is 14.9 Å². The molecule has 7 nitrogen and oxygen atoms in total. The molecule has 0 saturated heterocycles. The first-order valence-electron chi connectivity index (χ1n) is 6.99. The molecule has 21 heavy (non-hydrogen) atoms. The molecule has 3 N–H and O–H groups in total. The molecule has 1 saturated carbocycles. The fourth-order valence-electron chi connectivity index (χ4n) is 2.44. The SMILES string of the molecule is NCc1ccc(OCC(=O)NC2CCCC2)c([N+](=O)[O-])c1. The second kappa shape index (κ2) is 7.03. The Hall–Kier alpha value is -2.15. The molecule has 0 spiro atoms. The van der Waals surface area contributed by atoms with Crippen molar-refractivity contribution in [3.63, 3.8) is 0 Å². The number of hydrogen-bond acceptors (Lipinski definition) is 5. The van der Waals surface area contributed by atoms with Gasteiger partial charge in [-0.05, 0) is 24.5 Å². The Morgan fingerprint density at radius 3 is 2.76 bits per heavy atom. The number of nitro benzene ring substituents is 1. The molecule has 0 atom stereocenters. The minimum atomic E-state index is -0.538. The number of nitrogens with two attached hydrogens (primary N) is 1. The summed E-state index contributed by atoms with van der Waals surface area (Å²) in [5.74, 6) is -0.169. The maximum Gasteiger partial charge on any atom is 0.311 e. The number of hydrogen-bond donors (Lipinski definition) is 2. The van der Waals surface area contributed by atoms with Crippen LogP contribution in [-0.4, -0.2) is 23.5 Å². The highest BCUT2D eigenvalue weighted by molar-refractivity contribution is 5.78. The predicted octanol–water partition coefficient (Wildman–Crippen LogP) is 1.49. The zero-order valence-corrected chi connectivity index (χ0v) is 11.7. The van der Waals surface area contributed by atoms with Crippen molar-refractivity contribution in [3.05, 3.63) is 33.9 Å². The second-order valence-electron chi connectivity index (χ2n) is 5.10. The molecule has 1 aromatic carbocycles. The summed E-state index contributed by atoms with van der Waals surface area (Å²) in [7, 11) is 0. The molecule has 1 amide bonds. The first-order chi connectivity index (χ1) is 10.1. The van der Waals surface area contributed by atoms with Crippen LogP contribution in [0.2, 0.25) is 0 Å². The fraction of sp³-hybridized carbons (Fsp3) is 0.500. The van der Waals surface area contributed by atoms with E-state index in [-0.39, 0.29) is 36.5 Å². The lowest BCUT2D eigenvalue weighted by Gasteiger charge is -2.12. The topological polar surface area (TPSA) is 107 Å². The fourth-order valence-corrected chi connectivity index (χ4v) is 2.44. The smallest absolute Gasteiger partial charge is 0.311 e. The summed E-state index contributed by atoms with van der Waals surface area (Å²) in [5, 5.41) is 13.9. The van der Waals surface area contributed by atoms with Gasteiger partial charge in [0.2, 0.25) is 0 Å². The van der Waals surface area contributed by atoms with Gasteiger partial charge >= 0.3 is 5.69 Å². The van der Waals surface area contributed by atoms with Gasteiger partial charge in [-0.15, -0.1) is 0 Å². The monoisotopic (exact) mass is 293 g/mol. The average Bonchev–Trinajstić information content (AvgIpc) is 2.97. The third kappa shape index (κ3) is 4.16. The summed E-state index contributed by atoms with van der Waals surface area (Å²) in [5.41, 5.74) is 5.92. The van der Waals surface area contributed by atoms with Gasteiger partial charge in [-0.2, -0.15) is 0 Å². The highest BCUT2D eigenvalue weighted by atomic mass is 16.6. The molecule has 1 fully saturated rings. The van der Waals surface area contributed by atoms with Crippen molar-refractivity contribution in [1.29, 1.82) is 0 Å². The van der Waals surface area contributed by atoms with Gasteiger partial charge in [-0.25, -0.2) is 0 Å². The van der Waals surface area contributed by atoms with E-state index < -0.39 is 4.92 Å². The Morgan fingerprint density at radius 2 is 2.14 bits per heavy atom. The summed E-state index contributed by atoms with van der Waals surface area (Å²) in [4.78, 5) is 22.2. The number of carbonyl (C=O) groups is 1. The summed E-state index contributed by atoms with van der Waals surface area (Å²) in [6.45, 7) is -0.0113. The molecule has 7 heteroatoms. The van der Waals surface area contributed by atoms with Crippen molar-refractivity contribution in [2.75, 3.05) is 6.61 Å². The van der Waals surface area contributed by atoms with Crippen molar-refractivity contribution in [1.82, 2.24) is 5.32 Å². The third-order valence-electron chi connectivity index (χ3n) is 3.53. The van der Waals surface area contributed by atoms with Gasteiger partial charge in [0.15, 0.2) is 12.4 Å². The largest absolute Gasteiger partial charge is 0.477 e. The van der Waals surface area contributed by atoms with Crippen molar-refractivity contribution in [2.24, 2.45) is 5.73 Å². The predicted molar refractivity (Wildman–Crippen MR) is 76.9 cm³/mol. The van der Waals surface area contributed by atoms with E-state index in [1.165, 1.54) is 12.1 Å². The van der Waals surface area contributed by atoms with Crippen LogP contribution in [0.25, 0.3) is 0 Å². The highest BCUT2D eigenvalue weighted by Crippen LogP contribution is 2.27. The van der Waals surface area contributed by atoms with Gasteiger partial charge in [0, 0.05) is 18.7 Å². The van der Waals surface area contributed by atoms with Crippen LogP contribution < -0.4 is 15.8 Å². The molecule has 1 aliphatic rings. The summed E-state index contributed by atoms with van der Waals surface area (Å²) < 4.78 is 5.28. The van der Waals surface area contributed by atoms with E-state index in [2.05, 4.69) is 5.32 Å². The standard InChI is InChI=1S/C14H19N3O4/c15-8-10-5-6-13(12(7-10)17(19)20)21-9-14(18)16-11-3-1-2-4-11/h5-7,11H,1-4,8-9,15H2,(H,16,18). The molecule has 0 aliphatic heterocycles. The van der Waals surface area contributed by atoms with Crippen molar-refractivity contribution >= 4 is 11.6 Å². The van der Waals surface area contributed by atoms with E-state index in [0.717, 1.165) is 25.7 Å². The Bertz CT molecular complexity index is 527. The molecule has 1 aromatic rings. The van der Waals surface area contributed by atoms with Crippen LogP contribution in [0, 0.1) is 10.1 Å². The first kappa shape index (κ1) is 15.2. The number of carbonyl (C=O) groups excluding carboxylic acids is 1. The normalized spacial score (nSPS) is 14.9. The first-order valence-corrected chi connectivity index (χ1v) is 6.99. The van der Waals surface area contributed by atoms with Crippen molar-refractivity contribution in [3.8, 4) is 5.75 Å². The van der Waals surface area contributed by atoms with E-state index >= 15 is 0 Å². The third-order valence-corrected chi connectivity index (χ3v) is 3.53. The van der Waals surface area contributed by atoms with E-state index in [1.54, 1.807) is 6.07 Å². The molecule has 0 radical (unpaired) electrons. The Morgan fingerprint density at radius 1 is 1.43 bits per heavy atom. The lowest BCUT2D eigenvalue weighted by Crippen LogP contribution is -2.36.